The maximum atomic E-state index is 12.2. The third-order valence-electron chi connectivity index (χ3n) is 4.13. The van der Waals surface area contributed by atoms with Crippen molar-refractivity contribution in [1.82, 2.24) is 10.2 Å². The number of para-hydroxylation sites is 1. The molecule has 1 fully saturated rings. The average molecular weight is 365 g/mol. The zero-order valence-electron chi connectivity index (χ0n) is 12.6. The molecule has 0 atom stereocenters. The minimum absolute atomic E-state index is 0.141. The predicted molar refractivity (Wildman–Crippen MR) is 91.2 cm³/mol. The van der Waals surface area contributed by atoms with Gasteiger partial charge in [-0.05, 0) is 54.0 Å². The Kier molecular flexibility index (Phi) is 5.16. The van der Waals surface area contributed by atoms with Crippen molar-refractivity contribution in [3.63, 3.8) is 0 Å². The first kappa shape index (κ1) is 15.6. The Hall–Kier alpha value is -1.33. The molecule has 1 aromatic heterocycles. The van der Waals surface area contributed by atoms with Crippen molar-refractivity contribution >= 4 is 32.8 Å². The van der Waals surface area contributed by atoms with Gasteiger partial charge in [-0.2, -0.15) is 0 Å². The molecule has 118 valence electrons. The molecule has 1 amide bonds. The van der Waals surface area contributed by atoms with E-state index in [1.807, 2.05) is 18.2 Å². The van der Waals surface area contributed by atoms with Crippen LogP contribution in [0.3, 0.4) is 0 Å². The van der Waals surface area contributed by atoms with Gasteiger partial charge in [0.2, 0.25) is 0 Å². The third-order valence-corrected chi connectivity index (χ3v) is 4.76. The molecule has 3 rings (SSSR count). The Morgan fingerprint density at radius 1 is 1.23 bits per heavy atom. The number of carbonyl (C=O) groups excluding carboxylic acids is 1. The minimum Gasteiger partial charge on any atom is -0.450 e. The highest BCUT2D eigenvalue weighted by molar-refractivity contribution is 9.10. The molecular weight excluding hydrogens is 344 g/mol. The zero-order valence-corrected chi connectivity index (χ0v) is 14.2. The third kappa shape index (κ3) is 3.70. The number of carbonyl (C=O) groups is 1. The monoisotopic (exact) mass is 364 g/mol. The lowest BCUT2D eigenvalue weighted by Crippen LogP contribution is -2.35. The summed E-state index contributed by atoms with van der Waals surface area (Å²) in [6.45, 7) is 3.87. The second-order valence-electron chi connectivity index (χ2n) is 5.78. The highest BCUT2D eigenvalue weighted by Gasteiger charge is 2.14. The van der Waals surface area contributed by atoms with E-state index in [4.69, 9.17) is 4.42 Å². The van der Waals surface area contributed by atoms with Crippen LogP contribution in [0.1, 0.15) is 36.2 Å². The van der Waals surface area contributed by atoms with E-state index >= 15 is 0 Å². The summed E-state index contributed by atoms with van der Waals surface area (Å²) in [5.74, 6) is 0.232. The second kappa shape index (κ2) is 7.29. The normalized spacial score (nSPS) is 16.6. The number of hydrogen-bond donors (Lipinski definition) is 1. The summed E-state index contributed by atoms with van der Waals surface area (Å²) in [6.07, 6.45) is 5.20. The Morgan fingerprint density at radius 2 is 2.00 bits per heavy atom. The lowest BCUT2D eigenvalue weighted by atomic mass is 10.2. The number of amides is 1. The van der Waals surface area contributed by atoms with Crippen LogP contribution in [0, 0.1) is 0 Å². The van der Waals surface area contributed by atoms with E-state index in [-0.39, 0.29) is 5.91 Å². The van der Waals surface area contributed by atoms with E-state index in [1.54, 1.807) is 6.07 Å². The largest absolute Gasteiger partial charge is 0.450 e. The van der Waals surface area contributed by atoms with Gasteiger partial charge in [0, 0.05) is 18.5 Å². The van der Waals surface area contributed by atoms with Crippen molar-refractivity contribution < 1.29 is 9.21 Å². The van der Waals surface area contributed by atoms with Crippen LogP contribution in [0.25, 0.3) is 11.0 Å². The minimum atomic E-state index is -0.141. The van der Waals surface area contributed by atoms with Crippen LogP contribution < -0.4 is 5.32 Å². The van der Waals surface area contributed by atoms with E-state index < -0.39 is 0 Å². The Bertz CT molecular complexity index is 645. The number of halogens is 1. The van der Waals surface area contributed by atoms with Crippen molar-refractivity contribution in [1.29, 1.82) is 0 Å². The van der Waals surface area contributed by atoms with Crippen molar-refractivity contribution in [2.45, 2.75) is 25.7 Å². The molecule has 0 radical (unpaired) electrons. The van der Waals surface area contributed by atoms with Gasteiger partial charge >= 0.3 is 0 Å². The first-order chi connectivity index (χ1) is 10.7. The number of likely N-dealkylation sites (tertiary alicyclic amines) is 1. The molecule has 0 spiro atoms. The highest BCUT2D eigenvalue weighted by Crippen LogP contribution is 2.26. The summed E-state index contributed by atoms with van der Waals surface area (Å²) in [6, 6.07) is 7.58. The van der Waals surface area contributed by atoms with E-state index in [0.29, 0.717) is 12.3 Å². The van der Waals surface area contributed by atoms with Crippen LogP contribution in [0.4, 0.5) is 0 Å². The first-order valence-electron chi connectivity index (χ1n) is 7.92. The fourth-order valence-corrected chi connectivity index (χ4v) is 3.38. The molecule has 1 aliphatic rings. The summed E-state index contributed by atoms with van der Waals surface area (Å²) in [5, 5.41) is 3.89. The van der Waals surface area contributed by atoms with Crippen LogP contribution >= 0.6 is 15.9 Å². The SMILES string of the molecule is O=C(NCCN1CCCCCC1)c1cc2cccc(Br)c2o1. The Balaban J connectivity index is 1.55. The van der Waals surface area contributed by atoms with Crippen LogP contribution in [-0.4, -0.2) is 37.0 Å². The topological polar surface area (TPSA) is 45.5 Å². The van der Waals surface area contributed by atoms with E-state index in [0.717, 1.165) is 35.1 Å². The molecule has 22 heavy (non-hydrogen) atoms. The van der Waals surface area contributed by atoms with Gasteiger partial charge in [0.1, 0.15) is 5.58 Å². The molecule has 1 aromatic carbocycles. The van der Waals surface area contributed by atoms with Crippen molar-refractivity contribution in [3.8, 4) is 0 Å². The second-order valence-corrected chi connectivity index (χ2v) is 6.63. The molecule has 1 N–H and O–H groups in total. The fraction of sp³-hybridized carbons (Fsp3) is 0.471. The molecule has 0 aliphatic carbocycles. The Morgan fingerprint density at radius 3 is 2.73 bits per heavy atom. The number of benzene rings is 1. The van der Waals surface area contributed by atoms with Gasteiger partial charge in [-0.25, -0.2) is 0 Å². The van der Waals surface area contributed by atoms with E-state index in [2.05, 4.69) is 26.1 Å². The summed E-state index contributed by atoms with van der Waals surface area (Å²) in [7, 11) is 0. The van der Waals surface area contributed by atoms with Gasteiger partial charge < -0.3 is 14.6 Å². The predicted octanol–water partition coefficient (Wildman–Crippen LogP) is 3.80. The molecule has 0 unspecified atom stereocenters. The molecule has 2 aromatic rings. The van der Waals surface area contributed by atoms with Gasteiger partial charge in [0.25, 0.3) is 5.91 Å². The summed E-state index contributed by atoms with van der Waals surface area (Å²) in [4.78, 5) is 14.6. The Labute approximate surface area is 139 Å². The van der Waals surface area contributed by atoms with E-state index in [1.165, 1.54) is 25.7 Å². The maximum absolute atomic E-state index is 12.2. The smallest absolute Gasteiger partial charge is 0.287 e. The van der Waals surface area contributed by atoms with E-state index in [9.17, 15) is 4.79 Å². The number of fused-ring (bicyclic) bond motifs is 1. The van der Waals surface area contributed by atoms with Crippen LogP contribution in [0.15, 0.2) is 33.2 Å². The van der Waals surface area contributed by atoms with Gasteiger partial charge in [0.15, 0.2) is 5.76 Å². The highest BCUT2D eigenvalue weighted by atomic mass is 79.9. The quantitative estimate of drug-likeness (QED) is 0.897. The lowest BCUT2D eigenvalue weighted by molar-refractivity contribution is 0.0923. The maximum Gasteiger partial charge on any atom is 0.287 e. The molecule has 0 bridgehead atoms. The summed E-state index contributed by atoms with van der Waals surface area (Å²) < 4.78 is 6.52. The average Bonchev–Trinajstić information content (AvgIpc) is 2.79. The molecule has 0 saturated carbocycles. The van der Waals surface area contributed by atoms with Gasteiger partial charge in [-0.15, -0.1) is 0 Å². The van der Waals surface area contributed by atoms with Gasteiger partial charge in [-0.1, -0.05) is 25.0 Å². The molecule has 1 saturated heterocycles. The molecule has 4 nitrogen and oxygen atoms in total. The van der Waals surface area contributed by atoms with Gasteiger partial charge in [-0.3, -0.25) is 4.79 Å². The standard InChI is InChI=1S/C17H21BrN2O2/c18-14-7-5-6-13-12-15(22-16(13)14)17(21)19-8-11-20-9-3-1-2-4-10-20/h5-7,12H,1-4,8-11H2,(H,19,21). The summed E-state index contributed by atoms with van der Waals surface area (Å²) in [5.41, 5.74) is 0.722. The van der Waals surface area contributed by atoms with Crippen LogP contribution in [0.2, 0.25) is 0 Å². The van der Waals surface area contributed by atoms with Crippen LogP contribution in [-0.2, 0) is 0 Å². The van der Waals surface area contributed by atoms with Crippen molar-refractivity contribution in [3.05, 3.63) is 34.5 Å². The number of hydrogen-bond acceptors (Lipinski definition) is 3. The van der Waals surface area contributed by atoms with Gasteiger partial charge in [0.05, 0.1) is 4.47 Å². The first-order valence-corrected chi connectivity index (χ1v) is 8.72. The number of rotatable bonds is 4. The number of nitrogens with zero attached hydrogens (tertiary/aromatic N) is 1. The molecule has 1 aliphatic heterocycles. The number of furan rings is 1. The summed E-state index contributed by atoms with van der Waals surface area (Å²) >= 11 is 3.44. The lowest BCUT2D eigenvalue weighted by Gasteiger charge is -2.19. The van der Waals surface area contributed by atoms with Crippen molar-refractivity contribution in [2.75, 3.05) is 26.2 Å². The molecular formula is C17H21BrN2O2. The number of nitrogens with one attached hydrogen (secondary N) is 1. The zero-order chi connectivity index (χ0) is 15.4. The molecule has 5 heteroatoms. The fourth-order valence-electron chi connectivity index (χ4n) is 2.91. The van der Waals surface area contributed by atoms with Crippen LogP contribution in [0.5, 0.6) is 0 Å². The molecule has 2 heterocycles. The van der Waals surface area contributed by atoms with Crippen molar-refractivity contribution in [2.24, 2.45) is 0 Å².